The number of nitrogens with one attached hydrogen (secondary N) is 1. The van der Waals surface area contributed by atoms with Gasteiger partial charge in [0.1, 0.15) is 11.8 Å². The number of amides is 1. The van der Waals surface area contributed by atoms with Crippen LogP contribution in [0.5, 0.6) is 0 Å². The van der Waals surface area contributed by atoms with E-state index < -0.39 is 0 Å². The number of carbonyl (C=O) groups excluding carboxylic acids is 1. The minimum atomic E-state index is -0.329. The fraction of sp³-hybridized carbons (Fsp3) is 0.400. The molecule has 0 spiro atoms. The number of primary amides is 1. The molecule has 1 heterocycles. The lowest BCUT2D eigenvalue weighted by atomic mass is 10.3. The Balaban J connectivity index is 2.51. The van der Waals surface area contributed by atoms with Crippen LogP contribution in [0.2, 0.25) is 0 Å². The predicted molar refractivity (Wildman–Crippen MR) is 58.4 cm³/mol. The molecule has 0 aliphatic heterocycles. The average molecular weight is 219 g/mol. The molecular formula is C10H13N5O. The van der Waals surface area contributed by atoms with Crippen molar-refractivity contribution in [1.29, 1.82) is 5.26 Å². The highest BCUT2D eigenvalue weighted by molar-refractivity contribution is 5.73. The molecule has 0 fully saturated rings. The maximum Gasteiger partial charge on any atom is 0.224 e. The third-order valence-electron chi connectivity index (χ3n) is 1.85. The molecule has 0 atom stereocenters. The number of hydrogen-bond acceptors (Lipinski definition) is 5. The Labute approximate surface area is 93.5 Å². The number of nitriles is 1. The Morgan fingerprint density at radius 1 is 1.62 bits per heavy atom. The molecule has 6 nitrogen and oxygen atoms in total. The van der Waals surface area contributed by atoms with Gasteiger partial charge in [-0.3, -0.25) is 4.79 Å². The number of nitrogens with two attached hydrogens (primary N) is 1. The zero-order valence-corrected chi connectivity index (χ0v) is 9.03. The second-order valence-electron chi connectivity index (χ2n) is 3.33. The highest BCUT2D eigenvalue weighted by Gasteiger charge is 2.01. The molecule has 1 amide bonds. The van der Waals surface area contributed by atoms with Gasteiger partial charge in [0.05, 0.1) is 0 Å². The van der Waals surface area contributed by atoms with Crippen molar-refractivity contribution in [2.45, 2.75) is 19.8 Å². The number of anilines is 1. The van der Waals surface area contributed by atoms with Crippen molar-refractivity contribution in [2.24, 2.45) is 5.73 Å². The Morgan fingerprint density at radius 3 is 3.00 bits per heavy atom. The van der Waals surface area contributed by atoms with Gasteiger partial charge in [-0.15, -0.1) is 0 Å². The smallest absolute Gasteiger partial charge is 0.224 e. The Bertz CT molecular complexity index is 424. The van der Waals surface area contributed by atoms with Crippen LogP contribution in [0, 0.1) is 18.3 Å². The van der Waals surface area contributed by atoms with Crippen LogP contribution in [0.3, 0.4) is 0 Å². The van der Waals surface area contributed by atoms with Gasteiger partial charge in [0.25, 0.3) is 0 Å². The topological polar surface area (TPSA) is 105 Å². The highest BCUT2D eigenvalue weighted by Crippen LogP contribution is 2.03. The van der Waals surface area contributed by atoms with Crippen LogP contribution < -0.4 is 11.1 Å². The fourth-order valence-electron chi connectivity index (χ4n) is 1.17. The van der Waals surface area contributed by atoms with Gasteiger partial charge in [-0.1, -0.05) is 0 Å². The van der Waals surface area contributed by atoms with Gasteiger partial charge in [-0.25, -0.2) is 9.97 Å². The number of nitrogens with zero attached hydrogens (tertiary/aromatic N) is 3. The van der Waals surface area contributed by atoms with Gasteiger partial charge >= 0.3 is 0 Å². The van der Waals surface area contributed by atoms with Gasteiger partial charge in [0, 0.05) is 18.7 Å². The van der Waals surface area contributed by atoms with Crippen molar-refractivity contribution in [3.8, 4) is 6.07 Å². The van der Waals surface area contributed by atoms with Crippen LogP contribution in [0.1, 0.15) is 24.2 Å². The van der Waals surface area contributed by atoms with E-state index in [0.717, 1.165) is 5.69 Å². The second kappa shape index (κ2) is 5.66. The molecule has 0 aliphatic rings. The van der Waals surface area contributed by atoms with Crippen molar-refractivity contribution >= 4 is 11.9 Å². The van der Waals surface area contributed by atoms with E-state index in [1.165, 1.54) is 0 Å². The van der Waals surface area contributed by atoms with E-state index in [9.17, 15) is 4.79 Å². The summed E-state index contributed by atoms with van der Waals surface area (Å²) in [7, 11) is 0. The van der Waals surface area contributed by atoms with E-state index in [4.69, 9.17) is 11.0 Å². The first kappa shape index (κ1) is 11.9. The Kier molecular flexibility index (Phi) is 4.21. The molecule has 0 unspecified atom stereocenters. The van der Waals surface area contributed by atoms with Gasteiger partial charge in [0.15, 0.2) is 0 Å². The Hall–Kier alpha value is -2.16. The minimum absolute atomic E-state index is 0.323. The van der Waals surface area contributed by atoms with Crippen molar-refractivity contribution in [3.63, 3.8) is 0 Å². The van der Waals surface area contributed by atoms with E-state index in [1.807, 2.05) is 6.07 Å². The van der Waals surface area contributed by atoms with Gasteiger partial charge in [-0.2, -0.15) is 5.26 Å². The van der Waals surface area contributed by atoms with Gasteiger partial charge in [0.2, 0.25) is 11.9 Å². The fourth-order valence-corrected chi connectivity index (χ4v) is 1.17. The Morgan fingerprint density at radius 2 is 2.38 bits per heavy atom. The SMILES string of the molecule is Cc1cc(C#N)nc(NCCCC(N)=O)n1. The quantitative estimate of drug-likeness (QED) is 0.694. The third kappa shape index (κ3) is 3.92. The highest BCUT2D eigenvalue weighted by atomic mass is 16.1. The molecule has 1 rings (SSSR count). The van der Waals surface area contributed by atoms with E-state index >= 15 is 0 Å². The maximum absolute atomic E-state index is 10.5. The van der Waals surface area contributed by atoms with E-state index in [-0.39, 0.29) is 5.91 Å². The molecule has 0 saturated heterocycles. The van der Waals surface area contributed by atoms with Crippen molar-refractivity contribution in [3.05, 3.63) is 17.5 Å². The molecule has 1 aromatic rings. The third-order valence-corrected chi connectivity index (χ3v) is 1.85. The molecule has 0 saturated carbocycles. The van der Waals surface area contributed by atoms with Crippen LogP contribution in [0.15, 0.2) is 6.07 Å². The first-order valence-electron chi connectivity index (χ1n) is 4.90. The minimum Gasteiger partial charge on any atom is -0.370 e. The number of aryl methyl sites for hydroxylation is 1. The molecule has 0 aliphatic carbocycles. The molecular weight excluding hydrogens is 206 g/mol. The first-order valence-corrected chi connectivity index (χ1v) is 4.90. The zero-order chi connectivity index (χ0) is 12.0. The monoisotopic (exact) mass is 219 g/mol. The molecule has 84 valence electrons. The van der Waals surface area contributed by atoms with Crippen LogP contribution in [0.25, 0.3) is 0 Å². The van der Waals surface area contributed by atoms with Gasteiger partial charge < -0.3 is 11.1 Å². The van der Waals surface area contributed by atoms with Gasteiger partial charge in [-0.05, 0) is 19.4 Å². The molecule has 1 aromatic heterocycles. The van der Waals surface area contributed by atoms with E-state index in [2.05, 4.69) is 15.3 Å². The number of hydrogen-bond donors (Lipinski definition) is 2. The molecule has 0 bridgehead atoms. The summed E-state index contributed by atoms with van der Waals surface area (Å²) < 4.78 is 0. The summed E-state index contributed by atoms with van der Waals surface area (Å²) in [6, 6.07) is 3.56. The lowest BCUT2D eigenvalue weighted by Gasteiger charge is -2.04. The molecule has 6 heteroatoms. The van der Waals surface area contributed by atoms with E-state index in [0.29, 0.717) is 31.0 Å². The van der Waals surface area contributed by atoms with Crippen LogP contribution >= 0.6 is 0 Å². The summed E-state index contributed by atoms with van der Waals surface area (Å²) in [4.78, 5) is 18.6. The summed E-state index contributed by atoms with van der Waals surface area (Å²) in [6.07, 6.45) is 0.943. The summed E-state index contributed by atoms with van der Waals surface area (Å²) >= 11 is 0. The average Bonchev–Trinajstić information content (AvgIpc) is 2.23. The first-order chi connectivity index (χ1) is 7.61. The summed E-state index contributed by atoms with van der Waals surface area (Å²) in [5, 5.41) is 11.6. The normalized spacial score (nSPS) is 9.50. The molecule has 0 radical (unpaired) electrons. The zero-order valence-electron chi connectivity index (χ0n) is 9.03. The number of rotatable bonds is 5. The van der Waals surface area contributed by atoms with Crippen LogP contribution in [-0.2, 0) is 4.79 Å². The second-order valence-corrected chi connectivity index (χ2v) is 3.33. The standard InChI is InChI=1S/C10H13N5O/c1-7-5-8(6-11)15-10(14-7)13-4-2-3-9(12)16/h5H,2-4H2,1H3,(H2,12,16)(H,13,14,15). The van der Waals surface area contributed by atoms with Crippen molar-refractivity contribution < 1.29 is 4.79 Å². The summed E-state index contributed by atoms with van der Waals surface area (Å²) in [5.41, 5.74) is 6.05. The molecule has 0 aromatic carbocycles. The molecule has 3 N–H and O–H groups in total. The molecule has 16 heavy (non-hydrogen) atoms. The van der Waals surface area contributed by atoms with Crippen LogP contribution in [0.4, 0.5) is 5.95 Å². The summed E-state index contributed by atoms with van der Waals surface area (Å²) in [5.74, 6) is 0.0747. The van der Waals surface area contributed by atoms with E-state index in [1.54, 1.807) is 13.0 Å². The maximum atomic E-state index is 10.5. The summed E-state index contributed by atoms with van der Waals surface area (Å²) in [6.45, 7) is 2.34. The number of carbonyl (C=O) groups is 1. The lowest BCUT2D eigenvalue weighted by Crippen LogP contribution is -2.13. The predicted octanol–water partition coefficient (Wildman–Crippen LogP) is 0.334. The number of aromatic nitrogens is 2. The largest absolute Gasteiger partial charge is 0.370 e. The van der Waals surface area contributed by atoms with Crippen molar-refractivity contribution in [2.75, 3.05) is 11.9 Å². The van der Waals surface area contributed by atoms with Crippen molar-refractivity contribution in [1.82, 2.24) is 9.97 Å². The lowest BCUT2D eigenvalue weighted by molar-refractivity contribution is -0.118. The van der Waals surface area contributed by atoms with Crippen LogP contribution in [-0.4, -0.2) is 22.4 Å².